The molecule has 0 aromatic carbocycles. The highest BCUT2D eigenvalue weighted by Crippen LogP contribution is 2.28. The largest absolute Gasteiger partial charge is 0.478 e. The van der Waals surface area contributed by atoms with Gasteiger partial charge in [-0.05, 0) is 25.3 Å². The van der Waals surface area contributed by atoms with Crippen molar-refractivity contribution in [1.82, 2.24) is 4.98 Å². The van der Waals surface area contributed by atoms with Gasteiger partial charge < -0.3 is 15.2 Å². The van der Waals surface area contributed by atoms with Crippen LogP contribution in [0.1, 0.15) is 39.0 Å². The maximum absolute atomic E-state index is 10.0. The summed E-state index contributed by atoms with van der Waals surface area (Å²) in [5.41, 5.74) is 0.925. The number of aliphatic hydroxyl groups is 1. The van der Waals surface area contributed by atoms with Crippen molar-refractivity contribution in [2.75, 3.05) is 18.5 Å². The van der Waals surface area contributed by atoms with Crippen LogP contribution in [0.3, 0.4) is 0 Å². The first-order valence-electron chi connectivity index (χ1n) is 7.28. The fraction of sp³-hybridized carbons (Fsp3) is 0.667. The van der Waals surface area contributed by atoms with Gasteiger partial charge in [-0.3, -0.25) is 0 Å². The van der Waals surface area contributed by atoms with Crippen molar-refractivity contribution in [3.8, 4) is 5.88 Å². The molecule has 0 amide bonds. The summed E-state index contributed by atoms with van der Waals surface area (Å²) in [5, 5.41) is 13.2. The lowest BCUT2D eigenvalue weighted by Gasteiger charge is -2.16. The molecule has 1 aliphatic carbocycles. The predicted octanol–water partition coefficient (Wildman–Crippen LogP) is 2.83. The van der Waals surface area contributed by atoms with Crippen LogP contribution in [0.5, 0.6) is 5.88 Å². The molecule has 1 aromatic rings. The molecule has 1 aromatic heterocycles. The monoisotopic (exact) mass is 264 g/mol. The van der Waals surface area contributed by atoms with E-state index >= 15 is 0 Å². The Labute approximate surface area is 115 Å². The van der Waals surface area contributed by atoms with Crippen molar-refractivity contribution < 1.29 is 9.84 Å². The molecule has 2 N–H and O–H groups in total. The molecule has 19 heavy (non-hydrogen) atoms. The van der Waals surface area contributed by atoms with Gasteiger partial charge in [0, 0.05) is 12.6 Å². The first kappa shape index (κ1) is 14.1. The molecule has 1 fully saturated rings. The van der Waals surface area contributed by atoms with Crippen molar-refractivity contribution in [3.05, 3.63) is 18.3 Å². The second kappa shape index (κ2) is 7.34. The fourth-order valence-electron chi connectivity index (χ4n) is 2.67. The van der Waals surface area contributed by atoms with Gasteiger partial charge in [0.05, 0.1) is 24.6 Å². The van der Waals surface area contributed by atoms with Gasteiger partial charge in [0.1, 0.15) is 0 Å². The summed E-state index contributed by atoms with van der Waals surface area (Å²) >= 11 is 0. The first-order valence-corrected chi connectivity index (χ1v) is 7.28. The van der Waals surface area contributed by atoms with E-state index in [4.69, 9.17) is 4.74 Å². The Hall–Kier alpha value is -1.29. The minimum absolute atomic E-state index is 0.269. The third-order valence-corrected chi connectivity index (χ3v) is 3.65. The number of hydrogen-bond acceptors (Lipinski definition) is 4. The predicted molar refractivity (Wildman–Crippen MR) is 76.5 cm³/mol. The van der Waals surface area contributed by atoms with E-state index in [1.54, 1.807) is 6.20 Å². The van der Waals surface area contributed by atoms with Crippen LogP contribution in [0, 0.1) is 5.92 Å². The first-order chi connectivity index (χ1) is 9.28. The smallest absolute Gasteiger partial charge is 0.213 e. The van der Waals surface area contributed by atoms with E-state index in [2.05, 4.69) is 10.3 Å². The van der Waals surface area contributed by atoms with Gasteiger partial charge in [0.2, 0.25) is 5.88 Å². The van der Waals surface area contributed by atoms with Gasteiger partial charge in [0.15, 0.2) is 0 Å². The molecule has 1 heterocycles. The molecule has 106 valence electrons. The molecular formula is C15H24N2O2. The molecule has 1 saturated carbocycles. The number of nitrogens with zero attached hydrogens (tertiary/aromatic N) is 1. The van der Waals surface area contributed by atoms with Gasteiger partial charge in [-0.1, -0.05) is 25.7 Å². The van der Waals surface area contributed by atoms with E-state index in [1.807, 2.05) is 19.1 Å². The Morgan fingerprint density at radius 2 is 2.21 bits per heavy atom. The summed E-state index contributed by atoms with van der Waals surface area (Å²) in [6.45, 7) is 3.15. The summed E-state index contributed by atoms with van der Waals surface area (Å²) in [5.74, 6) is 1.36. The highest BCUT2D eigenvalue weighted by molar-refractivity contribution is 5.42. The Morgan fingerprint density at radius 1 is 1.42 bits per heavy atom. The zero-order chi connectivity index (χ0) is 13.5. The van der Waals surface area contributed by atoms with E-state index in [0.29, 0.717) is 19.0 Å². The van der Waals surface area contributed by atoms with Crippen LogP contribution in [0.2, 0.25) is 0 Å². The molecular weight excluding hydrogens is 240 g/mol. The molecule has 4 nitrogen and oxygen atoms in total. The number of nitrogens with one attached hydrogen (secondary N) is 1. The number of aromatic nitrogens is 1. The molecule has 0 radical (unpaired) electrons. The molecule has 0 saturated heterocycles. The van der Waals surface area contributed by atoms with Crippen molar-refractivity contribution in [2.24, 2.45) is 5.92 Å². The number of aliphatic hydroxyl groups excluding tert-OH is 1. The Bertz CT molecular complexity index is 361. The maximum atomic E-state index is 10.0. The van der Waals surface area contributed by atoms with Crippen LogP contribution in [0.15, 0.2) is 18.3 Å². The quantitative estimate of drug-likeness (QED) is 0.795. The number of anilines is 1. The van der Waals surface area contributed by atoms with Crippen molar-refractivity contribution in [1.29, 1.82) is 0 Å². The maximum Gasteiger partial charge on any atom is 0.213 e. The molecule has 1 aliphatic rings. The fourth-order valence-corrected chi connectivity index (χ4v) is 2.67. The molecule has 0 aliphatic heterocycles. The lowest BCUT2D eigenvalue weighted by molar-refractivity contribution is 0.155. The van der Waals surface area contributed by atoms with Crippen molar-refractivity contribution in [2.45, 2.75) is 45.1 Å². The lowest BCUT2D eigenvalue weighted by Crippen LogP contribution is -2.22. The molecule has 1 unspecified atom stereocenters. The zero-order valence-corrected chi connectivity index (χ0v) is 11.6. The van der Waals surface area contributed by atoms with Gasteiger partial charge in [0.25, 0.3) is 0 Å². The van der Waals surface area contributed by atoms with Crippen molar-refractivity contribution in [3.63, 3.8) is 0 Å². The van der Waals surface area contributed by atoms with Crippen LogP contribution in [0.4, 0.5) is 5.69 Å². The number of rotatable bonds is 7. The van der Waals surface area contributed by atoms with Crippen molar-refractivity contribution >= 4 is 5.69 Å². The van der Waals surface area contributed by atoms with Crippen LogP contribution < -0.4 is 10.1 Å². The van der Waals surface area contributed by atoms with Gasteiger partial charge in [-0.25, -0.2) is 4.98 Å². The van der Waals surface area contributed by atoms with E-state index in [0.717, 1.165) is 18.0 Å². The average molecular weight is 264 g/mol. The van der Waals surface area contributed by atoms with Crippen LogP contribution in [0.25, 0.3) is 0 Å². The normalized spacial score (nSPS) is 17.4. The Kier molecular flexibility index (Phi) is 5.45. The second-order valence-corrected chi connectivity index (χ2v) is 5.24. The van der Waals surface area contributed by atoms with Gasteiger partial charge >= 0.3 is 0 Å². The van der Waals surface area contributed by atoms with Crippen LogP contribution in [-0.2, 0) is 0 Å². The molecule has 1 atom stereocenters. The van der Waals surface area contributed by atoms with Gasteiger partial charge in [-0.15, -0.1) is 0 Å². The SMILES string of the molecule is CCOc1ccc(NCC(O)CC2CCCC2)cn1. The lowest BCUT2D eigenvalue weighted by atomic mass is 10.00. The Morgan fingerprint density at radius 3 is 2.84 bits per heavy atom. The standard InChI is InChI=1S/C15H24N2O2/c1-2-19-15-8-7-13(10-17-15)16-11-14(18)9-12-5-3-4-6-12/h7-8,10,12,14,16,18H,2-6,9,11H2,1H3. The highest BCUT2D eigenvalue weighted by atomic mass is 16.5. The van der Waals surface area contributed by atoms with E-state index in [1.165, 1.54) is 25.7 Å². The molecule has 0 bridgehead atoms. The average Bonchev–Trinajstić information content (AvgIpc) is 2.91. The molecule has 4 heteroatoms. The summed E-state index contributed by atoms with van der Waals surface area (Å²) in [6.07, 6.45) is 7.60. The zero-order valence-electron chi connectivity index (χ0n) is 11.6. The number of hydrogen-bond donors (Lipinski definition) is 2. The summed E-state index contributed by atoms with van der Waals surface area (Å²) in [6, 6.07) is 3.77. The third-order valence-electron chi connectivity index (χ3n) is 3.65. The molecule has 2 rings (SSSR count). The highest BCUT2D eigenvalue weighted by Gasteiger charge is 2.18. The minimum atomic E-state index is -0.269. The Balaban J connectivity index is 1.71. The minimum Gasteiger partial charge on any atom is -0.478 e. The molecule has 0 spiro atoms. The summed E-state index contributed by atoms with van der Waals surface area (Å²) in [4.78, 5) is 4.18. The second-order valence-electron chi connectivity index (χ2n) is 5.24. The number of ether oxygens (including phenoxy) is 1. The van der Waals surface area contributed by atoms with Gasteiger partial charge in [-0.2, -0.15) is 0 Å². The van der Waals surface area contributed by atoms with E-state index in [-0.39, 0.29) is 6.10 Å². The van der Waals surface area contributed by atoms with E-state index < -0.39 is 0 Å². The summed E-state index contributed by atoms with van der Waals surface area (Å²) in [7, 11) is 0. The van der Waals surface area contributed by atoms with E-state index in [9.17, 15) is 5.11 Å². The van der Waals surface area contributed by atoms with Crippen LogP contribution >= 0.6 is 0 Å². The third kappa shape index (κ3) is 4.71. The summed E-state index contributed by atoms with van der Waals surface area (Å²) < 4.78 is 5.29. The number of pyridine rings is 1. The van der Waals surface area contributed by atoms with Crippen LogP contribution in [-0.4, -0.2) is 29.3 Å². The topological polar surface area (TPSA) is 54.4 Å².